The summed E-state index contributed by atoms with van der Waals surface area (Å²) in [7, 11) is 1.65. The van der Waals surface area contributed by atoms with Crippen LogP contribution in [0.2, 0.25) is 0 Å². The van der Waals surface area contributed by atoms with E-state index in [1.54, 1.807) is 7.11 Å². The Labute approximate surface area is 57.0 Å². The number of hydrogen-bond donors (Lipinski definition) is 0. The van der Waals surface area contributed by atoms with Crippen molar-refractivity contribution in [3.63, 3.8) is 0 Å². The fourth-order valence-corrected chi connectivity index (χ4v) is 0.546. The molecule has 0 aromatic heterocycles. The normalized spacial score (nSPS) is 8.56. The summed E-state index contributed by atoms with van der Waals surface area (Å²) in [6.45, 7) is 7.30. The van der Waals surface area contributed by atoms with Gasteiger partial charge in [-0.2, -0.15) is 0 Å². The molecule has 52 valence electrons. The summed E-state index contributed by atoms with van der Waals surface area (Å²) < 4.78 is 4.87. The van der Waals surface area contributed by atoms with E-state index in [0.717, 1.165) is 25.0 Å². The van der Waals surface area contributed by atoms with Crippen LogP contribution in [0.25, 0.3) is 0 Å². The Kier molecular flexibility index (Phi) is 4.98. The van der Waals surface area contributed by atoms with Crippen LogP contribution < -0.4 is 0 Å². The maximum absolute atomic E-state index is 4.87. The van der Waals surface area contributed by atoms with E-state index in [9.17, 15) is 0 Å². The van der Waals surface area contributed by atoms with Crippen LogP contribution in [-0.2, 0) is 4.74 Å². The van der Waals surface area contributed by atoms with Crippen molar-refractivity contribution < 1.29 is 4.74 Å². The smallest absolute Gasteiger partial charge is 0.0884 e. The average Bonchev–Trinajstić information content (AvgIpc) is 1.89. The van der Waals surface area contributed by atoms with Crippen LogP contribution in [0, 0.1) is 0 Å². The van der Waals surface area contributed by atoms with Gasteiger partial charge in [0.1, 0.15) is 0 Å². The molecule has 0 aromatic rings. The highest BCUT2D eigenvalue weighted by Crippen LogP contribution is 2.04. The summed E-state index contributed by atoms with van der Waals surface area (Å²) in [6.07, 6.45) is 4.99. The Bertz CT molecular complexity index is 94.7. The van der Waals surface area contributed by atoms with Crippen LogP contribution >= 0.6 is 0 Å². The van der Waals surface area contributed by atoms with E-state index in [-0.39, 0.29) is 0 Å². The average molecular weight is 126 g/mol. The fraction of sp³-hybridized carbons (Fsp3) is 0.500. The van der Waals surface area contributed by atoms with E-state index in [4.69, 9.17) is 4.74 Å². The first-order valence-corrected chi connectivity index (χ1v) is 3.14. The Hall–Kier alpha value is -0.720. The van der Waals surface area contributed by atoms with Crippen molar-refractivity contribution >= 4 is 0 Å². The van der Waals surface area contributed by atoms with Gasteiger partial charge in [0.2, 0.25) is 0 Å². The van der Waals surface area contributed by atoms with Gasteiger partial charge in [-0.25, -0.2) is 0 Å². The largest absolute Gasteiger partial charge is 0.502 e. The molecular formula is C8H14O. The first kappa shape index (κ1) is 8.28. The molecular weight excluding hydrogens is 112 g/mol. The zero-order chi connectivity index (χ0) is 7.11. The molecule has 1 heteroatoms. The minimum atomic E-state index is 0.858. The van der Waals surface area contributed by atoms with Crippen molar-refractivity contribution in [3.05, 3.63) is 25.0 Å². The lowest BCUT2D eigenvalue weighted by molar-refractivity contribution is 0.277. The highest BCUT2D eigenvalue weighted by Gasteiger charge is 1.88. The molecule has 0 heterocycles. The zero-order valence-electron chi connectivity index (χ0n) is 6.02. The second kappa shape index (κ2) is 5.42. The van der Waals surface area contributed by atoms with Gasteiger partial charge < -0.3 is 4.74 Å². The van der Waals surface area contributed by atoms with Crippen molar-refractivity contribution in [1.29, 1.82) is 0 Å². The Morgan fingerprint density at radius 3 is 2.78 bits per heavy atom. The molecule has 0 atom stereocenters. The first-order chi connectivity index (χ1) is 4.31. The van der Waals surface area contributed by atoms with Gasteiger partial charge in [0, 0.05) is 6.42 Å². The molecule has 0 N–H and O–H groups in total. The zero-order valence-corrected chi connectivity index (χ0v) is 6.02. The van der Waals surface area contributed by atoms with Gasteiger partial charge in [0.05, 0.1) is 12.9 Å². The van der Waals surface area contributed by atoms with E-state index < -0.39 is 0 Å². The number of hydrogen-bond acceptors (Lipinski definition) is 1. The van der Waals surface area contributed by atoms with Gasteiger partial charge in [-0.1, -0.05) is 12.7 Å². The van der Waals surface area contributed by atoms with Gasteiger partial charge in [-0.3, -0.25) is 0 Å². The van der Waals surface area contributed by atoms with Gasteiger partial charge >= 0.3 is 0 Å². The standard InChI is InChI=1S/C8H14O/c1-4-5-6-7-8(2)9-3/h4H,1-2,5-7H2,3H3. The van der Waals surface area contributed by atoms with E-state index in [0.29, 0.717) is 0 Å². The lowest BCUT2D eigenvalue weighted by Gasteiger charge is -2.00. The summed E-state index contributed by atoms with van der Waals surface area (Å²) in [5.41, 5.74) is 0. The number of ether oxygens (including phenoxy) is 1. The molecule has 0 aliphatic rings. The van der Waals surface area contributed by atoms with Crippen molar-refractivity contribution in [3.8, 4) is 0 Å². The molecule has 0 fully saturated rings. The number of unbranched alkanes of at least 4 members (excludes halogenated alkanes) is 1. The minimum Gasteiger partial charge on any atom is -0.502 e. The monoisotopic (exact) mass is 126 g/mol. The third-order valence-electron chi connectivity index (χ3n) is 1.15. The molecule has 0 amide bonds. The molecule has 0 radical (unpaired) electrons. The molecule has 0 rings (SSSR count). The Morgan fingerprint density at radius 2 is 2.33 bits per heavy atom. The molecule has 0 spiro atoms. The first-order valence-electron chi connectivity index (χ1n) is 3.14. The van der Waals surface area contributed by atoms with Crippen LogP contribution in [0.4, 0.5) is 0 Å². The van der Waals surface area contributed by atoms with Crippen LogP contribution in [0.5, 0.6) is 0 Å². The summed E-state index contributed by atoms with van der Waals surface area (Å²) in [5, 5.41) is 0. The van der Waals surface area contributed by atoms with Gasteiger partial charge in [-0.05, 0) is 12.8 Å². The Balaban J connectivity index is 3.06. The van der Waals surface area contributed by atoms with E-state index in [2.05, 4.69) is 13.2 Å². The van der Waals surface area contributed by atoms with Gasteiger partial charge in [-0.15, -0.1) is 6.58 Å². The SMILES string of the molecule is C=CCCCC(=C)OC. The molecule has 0 bridgehead atoms. The molecule has 1 nitrogen and oxygen atoms in total. The topological polar surface area (TPSA) is 9.23 Å². The lowest BCUT2D eigenvalue weighted by Crippen LogP contribution is -1.83. The van der Waals surface area contributed by atoms with E-state index >= 15 is 0 Å². The van der Waals surface area contributed by atoms with Crippen molar-refractivity contribution in [2.45, 2.75) is 19.3 Å². The van der Waals surface area contributed by atoms with Gasteiger partial charge in [0.15, 0.2) is 0 Å². The fourth-order valence-electron chi connectivity index (χ4n) is 0.546. The molecule has 9 heavy (non-hydrogen) atoms. The summed E-state index contributed by atoms with van der Waals surface area (Å²) in [5.74, 6) is 0.858. The second-order valence-electron chi connectivity index (χ2n) is 1.92. The van der Waals surface area contributed by atoms with E-state index in [1.807, 2.05) is 6.08 Å². The van der Waals surface area contributed by atoms with Crippen LogP contribution in [0.3, 0.4) is 0 Å². The summed E-state index contributed by atoms with van der Waals surface area (Å²) in [6, 6.07) is 0. The number of rotatable bonds is 5. The third-order valence-corrected chi connectivity index (χ3v) is 1.15. The lowest BCUT2D eigenvalue weighted by atomic mass is 10.2. The minimum absolute atomic E-state index is 0.858. The predicted molar refractivity (Wildman–Crippen MR) is 40.2 cm³/mol. The van der Waals surface area contributed by atoms with Crippen LogP contribution in [-0.4, -0.2) is 7.11 Å². The molecule has 0 saturated carbocycles. The second-order valence-corrected chi connectivity index (χ2v) is 1.92. The van der Waals surface area contributed by atoms with Gasteiger partial charge in [0.25, 0.3) is 0 Å². The highest BCUT2D eigenvalue weighted by molar-refractivity contribution is 4.82. The van der Waals surface area contributed by atoms with Crippen LogP contribution in [0.1, 0.15) is 19.3 Å². The maximum Gasteiger partial charge on any atom is 0.0884 e. The van der Waals surface area contributed by atoms with Crippen molar-refractivity contribution in [2.24, 2.45) is 0 Å². The molecule has 0 saturated heterocycles. The van der Waals surface area contributed by atoms with Crippen LogP contribution in [0.15, 0.2) is 25.0 Å². The third kappa shape index (κ3) is 5.15. The quantitative estimate of drug-likeness (QED) is 0.312. The summed E-state index contributed by atoms with van der Waals surface area (Å²) >= 11 is 0. The maximum atomic E-state index is 4.87. The highest BCUT2D eigenvalue weighted by atomic mass is 16.5. The molecule has 0 unspecified atom stereocenters. The molecule has 0 aliphatic carbocycles. The predicted octanol–water partition coefficient (Wildman–Crippen LogP) is 2.50. The summed E-state index contributed by atoms with van der Waals surface area (Å²) in [4.78, 5) is 0. The molecule has 0 aliphatic heterocycles. The van der Waals surface area contributed by atoms with Crippen molar-refractivity contribution in [2.75, 3.05) is 7.11 Å². The van der Waals surface area contributed by atoms with Crippen molar-refractivity contribution in [1.82, 2.24) is 0 Å². The number of methoxy groups -OCH3 is 1. The Morgan fingerprint density at radius 1 is 1.67 bits per heavy atom. The number of allylic oxidation sites excluding steroid dienone is 2. The van der Waals surface area contributed by atoms with E-state index in [1.165, 1.54) is 0 Å². The molecule has 0 aromatic carbocycles.